The fraction of sp³-hybridized carbons (Fsp3) is 0.400. The summed E-state index contributed by atoms with van der Waals surface area (Å²) in [5, 5.41) is 6.27. The van der Waals surface area contributed by atoms with Crippen molar-refractivity contribution in [3.8, 4) is 0 Å². The second-order valence-corrected chi connectivity index (χ2v) is 8.89. The first kappa shape index (κ1) is 23.7. The molecule has 0 saturated carbocycles. The van der Waals surface area contributed by atoms with Crippen molar-refractivity contribution in [2.75, 3.05) is 6.54 Å². The highest BCUT2D eigenvalue weighted by atomic mass is 19.1. The third kappa shape index (κ3) is 9.31. The van der Waals surface area contributed by atoms with E-state index in [4.69, 9.17) is 0 Å². The second-order valence-electron chi connectivity index (χ2n) is 8.89. The fourth-order valence-corrected chi connectivity index (χ4v) is 3.33. The monoisotopic (exact) mass is 414 g/mol. The van der Waals surface area contributed by atoms with Crippen molar-refractivity contribution in [1.29, 1.82) is 0 Å². The van der Waals surface area contributed by atoms with Gasteiger partial charge in [-0.05, 0) is 53.6 Å². The van der Waals surface area contributed by atoms with Gasteiger partial charge in [0.1, 0.15) is 11.6 Å². The Morgan fingerprint density at radius 2 is 1.73 bits per heavy atom. The van der Waals surface area contributed by atoms with Gasteiger partial charge < -0.3 is 10.6 Å². The first-order valence-electron chi connectivity index (χ1n) is 10.3. The van der Waals surface area contributed by atoms with E-state index in [0.717, 1.165) is 19.0 Å². The molecular weight excluding hydrogens is 382 g/mol. The quantitative estimate of drug-likeness (QED) is 0.550. The topological polar surface area (TPSA) is 41.1 Å². The summed E-state index contributed by atoms with van der Waals surface area (Å²) in [4.78, 5) is 11.5. The van der Waals surface area contributed by atoms with Crippen molar-refractivity contribution in [3.63, 3.8) is 0 Å². The zero-order chi connectivity index (χ0) is 22.1. The van der Waals surface area contributed by atoms with Crippen LogP contribution in [0.1, 0.15) is 50.8 Å². The average molecular weight is 415 g/mol. The number of halogens is 2. The molecule has 0 aliphatic rings. The zero-order valence-electron chi connectivity index (χ0n) is 18.3. The predicted molar refractivity (Wildman–Crippen MR) is 119 cm³/mol. The van der Waals surface area contributed by atoms with Crippen LogP contribution in [0, 0.1) is 17.0 Å². The third-order valence-corrected chi connectivity index (χ3v) is 4.48. The molecule has 0 fully saturated rings. The lowest BCUT2D eigenvalue weighted by Gasteiger charge is -2.18. The molecule has 5 heteroatoms. The maximum Gasteiger partial charge on any atom is 0.217 e. The van der Waals surface area contributed by atoms with Crippen LogP contribution in [0.15, 0.2) is 48.5 Å². The molecule has 1 unspecified atom stereocenters. The van der Waals surface area contributed by atoms with Crippen LogP contribution in [0.5, 0.6) is 0 Å². The van der Waals surface area contributed by atoms with Gasteiger partial charge in [-0.15, -0.1) is 0 Å². The largest absolute Gasteiger partial charge is 0.350 e. The molecule has 0 aliphatic carbocycles. The van der Waals surface area contributed by atoms with Gasteiger partial charge in [-0.2, -0.15) is 0 Å². The zero-order valence-corrected chi connectivity index (χ0v) is 18.3. The normalized spacial score (nSPS) is 12.9. The fourth-order valence-electron chi connectivity index (χ4n) is 3.33. The molecule has 3 nitrogen and oxygen atoms in total. The Kier molecular flexibility index (Phi) is 8.72. The van der Waals surface area contributed by atoms with E-state index in [9.17, 15) is 13.6 Å². The molecule has 0 radical (unpaired) electrons. The predicted octanol–water partition coefficient (Wildman–Crippen LogP) is 5.25. The van der Waals surface area contributed by atoms with E-state index in [1.807, 2.05) is 0 Å². The average Bonchev–Trinajstić information content (AvgIpc) is 2.61. The Morgan fingerprint density at radius 3 is 2.37 bits per heavy atom. The molecule has 0 aliphatic heterocycles. The molecule has 162 valence electrons. The lowest BCUT2D eigenvalue weighted by Crippen LogP contribution is -2.34. The van der Waals surface area contributed by atoms with Crippen molar-refractivity contribution < 1.29 is 13.6 Å². The minimum Gasteiger partial charge on any atom is -0.350 e. The Balaban J connectivity index is 1.90. The molecule has 0 saturated heterocycles. The van der Waals surface area contributed by atoms with Gasteiger partial charge in [0.15, 0.2) is 0 Å². The molecular formula is C25H32F2N2O. The molecule has 0 bridgehead atoms. The van der Waals surface area contributed by atoms with Gasteiger partial charge in [0.25, 0.3) is 0 Å². The Morgan fingerprint density at radius 1 is 1.07 bits per heavy atom. The SMILES string of the molecule is CC(=O)NC(/C=C/c1cc(F)cc(F)c1)CCNCc1cccc(CC(C)(C)C)c1. The van der Waals surface area contributed by atoms with Crippen LogP contribution in [0.3, 0.4) is 0 Å². The molecule has 2 rings (SSSR count). The lowest BCUT2D eigenvalue weighted by atomic mass is 9.88. The number of carbonyl (C=O) groups excluding carboxylic acids is 1. The minimum atomic E-state index is -0.624. The summed E-state index contributed by atoms with van der Waals surface area (Å²) in [5.41, 5.74) is 3.21. The van der Waals surface area contributed by atoms with Crippen LogP contribution >= 0.6 is 0 Å². The summed E-state index contributed by atoms with van der Waals surface area (Å²) in [6, 6.07) is 11.7. The van der Waals surface area contributed by atoms with Gasteiger partial charge in [-0.1, -0.05) is 57.2 Å². The number of rotatable bonds is 9. The van der Waals surface area contributed by atoms with Crippen molar-refractivity contribution in [2.24, 2.45) is 5.41 Å². The summed E-state index contributed by atoms with van der Waals surface area (Å²) >= 11 is 0. The number of carbonyl (C=O) groups is 1. The number of hydrogen-bond acceptors (Lipinski definition) is 2. The maximum absolute atomic E-state index is 13.3. The van der Waals surface area contributed by atoms with Gasteiger partial charge in [-0.3, -0.25) is 4.79 Å². The minimum absolute atomic E-state index is 0.148. The number of benzene rings is 2. The summed E-state index contributed by atoms with van der Waals surface area (Å²) in [5.74, 6) is -1.40. The Labute approximate surface area is 178 Å². The summed E-state index contributed by atoms with van der Waals surface area (Å²) < 4.78 is 26.7. The highest BCUT2D eigenvalue weighted by Gasteiger charge is 2.11. The summed E-state index contributed by atoms with van der Waals surface area (Å²) in [6.07, 6.45) is 5.08. The van der Waals surface area contributed by atoms with Gasteiger partial charge in [0, 0.05) is 25.6 Å². The van der Waals surface area contributed by atoms with Gasteiger partial charge >= 0.3 is 0 Å². The van der Waals surface area contributed by atoms with Crippen LogP contribution in [-0.2, 0) is 17.8 Å². The smallest absolute Gasteiger partial charge is 0.217 e. The van der Waals surface area contributed by atoms with Gasteiger partial charge in [0.05, 0.1) is 0 Å². The highest BCUT2D eigenvalue weighted by Crippen LogP contribution is 2.21. The van der Waals surface area contributed by atoms with E-state index in [2.05, 4.69) is 55.7 Å². The number of hydrogen-bond donors (Lipinski definition) is 2. The molecule has 1 amide bonds. The van der Waals surface area contributed by atoms with Crippen LogP contribution in [0.2, 0.25) is 0 Å². The van der Waals surface area contributed by atoms with E-state index in [-0.39, 0.29) is 17.4 Å². The molecule has 0 aromatic heterocycles. The number of amides is 1. The summed E-state index contributed by atoms with van der Waals surface area (Å²) in [6.45, 7) is 9.57. The van der Waals surface area contributed by atoms with E-state index in [1.165, 1.54) is 30.2 Å². The van der Waals surface area contributed by atoms with Crippen molar-refractivity contribution in [1.82, 2.24) is 10.6 Å². The van der Waals surface area contributed by atoms with Crippen LogP contribution in [0.25, 0.3) is 6.08 Å². The van der Waals surface area contributed by atoms with Crippen molar-refractivity contribution >= 4 is 12.0 Å². The van der Waals surface area contributed by atoms with Gasteiger partial charge in [-0.25, -0.2) is 8.78 Å². The Hall–Kier alpha value is -2.53. The van der Waals surface area contributed by atoms with E-state index >= 15 is 0 Å². The van der Waals surface area contributed by atoms with Crippen LogP contribution in [0.4, 0.5) is 8.78 Å². The molecule has 1 atom stereocenters. The van der Waals surface area contributed by atoms with Crippen LogP contribution in [-0.4, -0.2) is 18.5 Å². The van der Waals surface area contributed by atoms with Crippen molar-refractivity contribution in [3.05, 3.63) is 76.9 Å². The summed E-state index contributed by atoms with van der Waals surface area (Å²) in [7, 11) is 0. The standard InChI is InChI=1S/C25H32F2N2O/c1-18(30)29-24(9-8-19-13-22(26)15-23(27)14-19)10-11-28-17-21-7-5-6-20(12-21)16-25(2,3)4/h5-9,12-15,24,28H,10-11,16-17H2,1-4H3,(H,29,30)/b9-8+. The first-order chi connectivity index (χ1) is 14.1. The first-order valence-corrected chi connectivity index (χ1v) is 10.3. The van der Waals surface area contributed by atoms with E-state index in [1.54, 1.807) is 12.2 Å². The molecule has 2 N–H and O–H groups in total. The van der Waals surface area contributed by atoms with E-state index < -0.39 is 11.6 Å². The lowest BCUT2D eigenvalue weighted by molar-refractivity contribution is -0.119. The number of nitrogens with one attached hydrogen (secondary N) is 2. The Bertz CT molecular complexity index is 851. The second kappa shape index (κ2) is 11.0. The third-order valence-electron chi connectivity index (χ3n) is 4.48. The van der Waals surface area contributed by atoms with Gasteiger partial charge in [0.2, 0.25) is 5.91 Å². The molecule has 0 spiro atoms. The van der Waals surface area contributed by atoms with E-state index in [0.29, 0.717) is 18.5 Å². The molecule has 2 aromatic carbocycles. The maximum atomic E-state index is 13.3. The molecule has 0 heterocycles. The molecule has 30 heavy (non-hydrogen) atoms. The van der Waals surface area contributed by atoms with Crippen molar-refractivity contribution in [2.45, 2.75) is 53.1 Å². The van der Waals surface area contributed by atoms with Crippen LogP contribution < -0.4 is 10.6 Å². The highest BCUT2D eigenvalue weighted by molar-refractivity contribution is 5.73. The molecule has 2 aromatic rings.